The van der Waals surface area contributed by atoms with E-state index in [9.17, 15) is 18.0 Å². The SMILES string of the molecule is O=C(Oc1cccnc1Br)C1(c2cccc(C(F)(F)F)c2)CCOCC1. The second kappa shape index (κ2) is 7.36. The molecule has 2 heterocycles. The number of hydrogen-bond acceptors (Lipinski definition) is 4. The van der Waals surface area contributed by atoms with Gasteiger partial charge < -0.3 is 9.47 Å². The number of nitrogens with zero attached hydrogens (tertiary/aromatic N) is 1. The second-order valence-electron chi connectivity index (χ2n) is 5.95. The predicted molar refractivity (Wildman–Crippen MR) is 90.7 cm³/mol. The maximum Gasteiger partial charge on any atom is 0.416 e. The number of rotatable bonds is 3. The molecular weight excluding hydrogens is 415 g/mol. The highest BCUT2D eigenvalue weighted by Gasteiger charge is 2.45. The van der Waals surface area contributed by atoms with Crippen LogP contribution >= 0.6 is 15.9 Å². The van der Waals surface area contributed by atoms with Gasteiger partial charge in [-0.15, -0.1) is 0 Å². The Labute approximate surface area is 156 Å². The molecule has 1 aliphatic heterocycles. The van der Waals surface area contributed by atoms with Crippen molar-refractivity contribution in [1.29, 1.82) is 0 Å². The fourth-order valence-corrected chi connectivity index (χ4v) is 3.30. The predicted octanol–water partition coefficient (Wildman–Crippen LogP) is 4.52. The van der Waals surface area contributed by atoms with Crippen molar-refractivity contribution in [2.45, 2.75) is 24.4 Å². The van der Waals surface area contributed by atoms with Gasteiger partial charge in [-0.3, -0.25) is 4.79 Å². The molecule has 0 spiro atoms. The molecule has 4 nitrogen and oxygen atoms in total. The van der Waals surface area contributed by atoms with Gasteiger partial charge in [0.05, 0.1) is 11.0 Å². The number of hydrogen-bond donors (Lipinski definition) is 0. The topological polar surface area (TPSA) is 48.4 Å². The van der Waals surface area contributed by atoms with Gasteiger partial charge in [-0.05, 0) is 52.5 Å². The Kier molecular flexibility index (Phi) is 5.34. The summed E-state index contributed by atoms with van der Waals surface area (Å²) >= 11 is 3.20. The van der Waals surface area contributed by atoms with Crippen molar-refractivity contribution in [2.24, 2.45) is 0 Å². The number of aromatic nitrogens is 1. The maximum atomic E-state index is 13.1. The normalized spacial score (nSPS) is 16.9. The van der Waals surface area contributed by atoms with Crippen molar-refractivity contribution in [2.75, 3.05) is 13.2 Å². The lowest BCUT2D eigenvalue weighted by molar-refractivity contribution is -0.145. The number of carbonyl (C=O) groups excluding carboxylic acids is 1. The summed E-state index contributed by atoms with van der Waals surface area (Å²) in [5, 5.41) is 0. The molecule has 0 atom stereocenters. The van der Waals surface area contributed by atoms with Crippen LogP contribution in [0.4, 0.5) is 13.2 Å². The Morgan fingerprint density at radius 1 is 1.19 bits per heavy atom. The minimum Gasteiger partial charge on any atom is -0.423 e. The van der Waals surface area contributed by atoms with Crippen LogP contribution in [0.15, 0.2) is 47.2 Å². The molecule has 1 aromatic carbocycles. The molecule has 0 N–H and O–H groups in total. The lowest BCUT2D eigenvalue weighted by Crippen LogP contribution is -2.44. The average Bonchev–Trinajstić information content (AvgIpc) is 2.63. The molecule has 1 saturated heterocycles. The van der Waals surface area contributed by atoms with Crippen LogP contribution in [0.3, 0.4) is 0 Å². The van der Waals surface area contributed by atoms with Gasteiger partial charge in [0.2, 0.25) is 0 Å². The van der Waals surface area contributed by atoms with Crippen molar-refractivity contribution < 1.29 is 27.4 Å². The first-order valence-corrected chi connectivity index (χ1v) is 8.70. The van der Waals surface area contributed by atoms with Crippen LogP contribution in [-0.4, -0.2) is 24.2 Å². The molecule has 0 amide bonds. The molecule has 1 aromatic heterocycles. The molecule has 2 aromatic rings. The molecule has 0 saturated carbocycles. The smallest absolute Gasteiger partial charge is 0.416 e. The van der Waals surface area contributed by atoms with Gasteiger partial charge in [-0.1, -0.05) is 18.2 Å². The zero-order valence-corrected chi connectivity index (χ0v) is 15.1. The summed E-state index contributed by atoms with van der Waals surface area (Å²) in [7, 11) is 0. The third kappa shape index (κ3) is 3.76. The zero-order valence-electron chi connectivity index (χ0n) is 13.6. The third-order valence-electron chi connectivity index (χ3n) is 4.41. The summed E-state index contributed by atoms with van der Waals surface area (Å²) in [5.74, 6) is -0.399. The molecule has 0 unspecified atom stereocenters. The highest BCUT2D eigenvalue weighted by atomic mass is 79.9. The molecule has 3 rings (SSSR count). The van der Waals surface area contributed by atoms with E-state index in [-0.39, 0.29) is 37.4 Å². The lowest BCUT2D eigenvalue weighted by atomic mass is 9.73. The van der Waals surface area contributed by atoms with Crippen molar-refractivity contribution in [3.63, 3.8) is 0 Å². The fourth-order valence-electron chi connectivity index (χ4n) is 2.97. The zero-order chi connectivity index (χ0) is 18.8. The first-order chi connectivity index (χ1) is 12.3. The Morgan fingerprint density at radius 2 is 1.92 bits per heavy atom. The fraction of sp³-hybridized carbons (Fsp3) is 0.333. The van der Waals surface area contributed by atoms with Gasteiger partial charge in [0.15, 0.2) is 5.75 Å². The number of esters is 1. The average molecular weight is 430 g/mol. The maximum absolute atomic E-state index is 13.1. The molecule has 1 fully saturated rings. The van der Waals surface area contributed by atoms with Crippen LogP contribution in [0.1, 0.15) is 24.0 Å². The first-order valence-electron chi connectivity index (χ1n) is 7.91. The van der Waals surface area contributed by atoms with E-state index >= 15 is 0 Å². The number of halogens is 4. The summed E-state index contributed by atoms with van der Waals surface area (Å²) in [5.41, 5.74) is -1.72. The minimum atomic E-state index is -4.49. The molecule has 8 heteroatoms. The minimum absolute atomic E-state index is 0.218. The van der Waals surface area contributed by atoms with Crippen molar-refractivity contribution in [3.8, 4) is 5.75 Å². The van der Waals surface area contributed by atoms with Gasteiger partial charge in [0.1, 0.15) is 4.60 Å². The van der Waals surface area contributed by atoms with Gasteiger partial charge in [0, 0.05) is 19.4 Å². The van der Waals surface area contributed by atoms with Crippen LogP contribution in [0.5, 0.6) is 5.75 Å². The van der Waals surface area contributed by atoms with Crippen molar-refractivity contribution in [3.05, 3.63) is 58.3 Å². The van der Waals surface area contributed by atoms with Gasteiger partial charge in [-0.25, -0.2) is 4.98 Å². The van der Waals surface area contributed by atoms with Crippen LogP contribution in [0.25, 0.3) is 0 Å². The van der Waals surface area contributed by atoms with E-state index in [1.165, 1.54) is 18.3 Å². The quantitative estimate of drug-likeness (QED) is 0.531. The second-order valence-corrected chi connectivity index (χ2v) is 6.71. The van der Waals surface area contributed by atoms with E-state index in [1.807, 2.05) is 0 Å². The Balaban J connectivity index is 1.99. The van der Waals surface area contributed by atoms with Crippen LogP contribution in [0, 0.1) is 0 Å². The number of pyridine rings is 1. The van der Waals surface area contributed by atoms with E-state index < -0.39 is 23.1 Å². The first kappa shape index (κ1) is 18.8. The number of alkyl halides is 3. The van der Waals surface area contributed by atoms with E-state index in [2.05, 4.69) is 20.9 Å². The van der Waals surface area contributed by atoms with Crippen LogP contribution in [0.2, 0.25) is 0 Å². The summed E-state index contributed by atoms with van der Waals surface area (Å²) in [6.07, 6.45) is -2.48. The number of carbonyl (C=O) groups is 1. The molecule has 26 heavy (non-hydrogen) atoms. The van der Waals surface area contributed by atoms with Crippen molar-refractivity contribution >= 4 is 21.9 Å². The van der Waals surface area contributed by atoms with Gasteiger partial charge in [0.25, 0.3) is 0 Å². The van der Waals surface area contributed by atoms with E-state index in [0.717, 1.165) is 12.1 Å². The standard InChI is InChI=1S/C18H15BrF3NO3/c19-15-14(5-2-8-23-15)26-16(24)17(6-9-25-10-7-17)12-3-1-4-13(11-12)18(20,21)22/h1-5,8,11H,6-7,9-10H2. The Morgan fingerprint density at radius 3 is 2.58 bits per heavy atom. The summed E-state index contributed by atoms with van der Waals surface area (Å²) in [6.45, 7) is 0.527. The van der Waals surface area contributed by atoms with E-state index in [1.54, 1.807) is 12.1 Å². The van der Waals surface area contributed by atoms with E-state index in [0.29, 0.717) is 4.60 Å². The molecule has 138 valence electrons. The molecule has 0 bridgehead atoms. The van der Waals surface area contributed by atoms with Crippen molar-refractivity contribution in [1.82, 2.24) is 4.98 Å². The van der Waals surface area contributed by atoms with Crippen LogP contribution in [-0.2, 0) is 21.1 Å². The molecule has 0 radical (unpaired) electrons. The third-order valence-corrected chi connectivity index (χ3v) is 5.00. The highest BCUT2D eigenvalue weighted by molar-refractivity contribution is 9.10. The van der Waals surface area contributed by atoms with Gasteiger partial charge >= 0.3 is 12.1 Å². The van der Waals surface area contributed by atoms with E-state index in [4.69, 9.17) is 9.47 Å². The molecule has 0 aliphatic carbocycles. The Bertz CT molecular complexity index is 804. The summed E-state index contributed by atoms with van der Waals surface area (Å²) in [4.78, 5) is 17.0. The summed E-state index contributed by atoms with van der Waals surface area (Å²) < 4.78 is 50.5. The monoisotopic (exact) mass is 429 g/mol. The number of ether oxygens (including phenoxy) is 2. The van der Waals surface area contributed by atoms with Gasteiger partial charge in [-0.2, -0.15) is 13.2 Å². The molecular formula is C18H15BrF3NO3. The number of benzene rings is 1. The Hall–Kier alpha value is -1.93. The largest absolute Gasteiger partial charge is 0.423 e. The molecule has 1 aliphatic rings. The van der Waals surface area contributed by atoms with Crippen LogP contribution < -0.4 is 4.74 Å². The summed E-state index contributed by atoms with van der Waals surface area (Å²) in [6, 6.07) is 8.01. The highest BCUT2D eigenvalue weighted by Crippen LogP contribution is 2.39. The lowest BCUT2D eigenvalue weighted by Gasteiger charge is -2.35.